The van der Waals surface area contributed by atoms with Gasteiger partial charge >= 0.3 is 0 Å². The molecule has 1 aliphatic rings. The molecule has 1 fully saturated rings. The van der Waals surface area contributed by atoms with Crippen LogP contribution in [-0.4, -0.2) is 45.2 Å². The summed E-state index contributed by atoms with van der Waals surface area (Å²) in [6.07, 6.45) is 5.10. The Balaban J connectivity index is 1.42. The molecule has 2 amide bonds. The molecule has 0 spiro atoms. The number of imidazole rings is 1. The van der Waals surface area contributed by atoms with Gasteiger partial charge in [0.05, 0.1) is 13.3 Å². The molecule has 4 aromatic rings. The zero-order valence-electron chi connectivity index (χ0n) is 17.8. The molecule has 32 heavy (non-hydrogen) atoms. The molecule has 5 rings (SSSR count). The van der Waals surface area contributed by atoms with Crippen LogP contribution >= 0.6 is 0 Å². The van der Waals surface area contributed by atoms with E-state index in [-0.39, 0.29) is 11.8 Å². The summed E-state index contributed by atoms with van der Waals surface area (Å²) in [6.45, 7) is 0.713. The molecule has 0 bridgehead atoms. The predicted molar refractivity (Wildman–Crippen MR) is 121 cm³/mol. The second-order valence-electron chi connectivity index (χ2n) is 7.68. The normalized spacial score (nSPS) is 13.7. The fraction of sp³-hybridized carbons (Fsp3) is 0.217. The summed E-state index contributed by atoms with van der Waals surface area (Å²) in [5.74, 6) is 0.756. The van der Waals surface area contributed by atoms with E-state index in [0.717, 1.165) is 23.2 Å². The van der Waals surface area contributed by atoms with E-state index in [4.69, 9.17) is 4.74 Å². The van der Waals surface area contributed by atoms with Crippen LogP contribution in [0.3, 0.4) is 0 Å². The molecule has 0 aliphatic carbocycles. The van der Waals surface area contributed by atoms with Gasteiger partial charge in [-0.2, -0.15) is 5.10 Å². The van der Waals surface area contributed by atoms with Crippen molar-refractivity contribution in [3.63, 3.8) is 0 Å². The highest BCUT2D eigenvalue weighted by atomic mass is 16.5. The standard InChI is InChI=1S/C23H22N6O3/c1-28-13-15(12-24-28)17-9-10-18(32-2)21-20(17)25-23(26-21)27-22(31)14-5-7-16(8-6-14)29-11-3-4-19(29)30/h5-10,12-13H,3-4,11H2,1-2H3,(H2,25,26,27,31). The number of methoxy groups -OCH3 is 1. The number of ether oxygens (including phenoxy) is 1. The van der Waals surface area contributed by atoms with Crippen molar-refractivity contribution in [1.82, 2.24) is 19.7 Å². The van der Waals surface area contributed by atoms with Crippen LogP contribution in [0.5, 0.6) is 5.75 Å². The molecule has 9 nitrogen and oxygen atoms in total. The number of H-pyrrole nitrogens is 1. The molecule has 162 valence electrons. The van der Waals surface area contributed by atoms with Gasteiger partial charge in [0, 0.05) is 48.6 Å². The maximum atomic E-state index is 12.8. The second-order valence-corrected chi connectivity index (χ2v) is 7.68. The minimum atomic E-state index is -0.301. The van der Waals surface area contributed by atoms with E-state index < -0.39 is 0 Å². The number of fused-ring (bicyclic) bond motifs is 1. The Labute approximate surface area is 184 Å². The van der Waals surface area contributed by atoms with Gasteiger partial charge in [-0.1, -0.05) is 0 Å². The van der Waals surface area contributed by atoms with Gasteiger partial charge in [-0.3, -0.25) is 19.6 Å². The van der Waals surface area contributed by atoms with Crippen LogP contribution in [0.15, 0.2) is 48.8 Å². The van der Waals surface area contributed by atoms with E-state index in [1.807, 2.05) is 25.4 Å². The minimum Gasteiger partial charge on any atom is -0.494 e. The molecule has 0 saturated carbocycles. The van der Waals surface area contributed by atoms with Crippen LogP contribution in [0.4, 0.5) is 11.6 Å². The first-order chi connectivity index (χ1) is 15.5. The molecule has 9 heteroatoms. The highest BCUT2D eigenvalue weighted by Crippen LogP contribution is 2.33. The Morgan fingerprint density at radius 1 is 1.19 bits per heavy atom. The summed E-state index contributed by atoms with van der Waals surface area (Å²) in [7, 11) is 3.44. The summed E-state index contributed by atoms with van der Waals surface area (Å²) in [5.41, 5.74) is 4.43. The number of hydrogen-bond donors (Lipinski definition) is 2. The Hall–Kier alpha value is -4.14. The van der Waals surface area contributed by atoms with Crippen molar-refractivity contribution in [3.8, 4) is 16.9 Å². The third-order valence-electron chi connectivity index (χ3n) is 5.59. The largest absolute Gasteiger partial charge is 0.494 e. The van der Waals surface area contributed by atoms with E-state index in [0.29, 0.717) is 41.3 Å². The third kappa shape index (κ3) is 3.47. The lowest BCUT2D eigenvalue weighted by Gasteiger charge is -2.15. The summed E-state index contributed by atoms with van der Waals surface area (Å²) < 4.78 is 7.18. The molecule has 2 N–H and O–H groups in total. The molecule has 2 aromatic carbocycles. The molecular weight excluding hydrogens is 408 g/mol. The number of carbonyl (C=O) groups is 2. The molecular formula is C23H22N6O3. The summed E-state index contributed by atoms with van der Waals surface area (Å²) >= 11 is 0. The molecule has 0 radical (unpaired) electrons. The Bertz CT molecular complexity index is 1320. The average molecular weight is 430 g/mol. The zero-order valence-corrected chi connectivity index (χ0v) is 17.8. The van der Waals surface area contributed by atoms with E-state index in [2.05, 4.69) is 20.4 Å². The SMILES string of the molecule is COc1ccc(-c2cnn(C)c2)c2nc(NC(=O)c3ccc(N4CCCC4=O)cc3)[nH]c12. The van der Waals surface area contributed by atoms with Gasteiger partial charge in [-0.15, -0.1) is 0 Å². The number of aromatic amines is 1. The van der Waals surface area contributed by atoms with Gasteiger partial charge in [-0.05, 0) is 42.8 Å². The van der Waals surface area contributed by atoms with Crippen LogP contribution in [0.1, 0.15) is 23.2 Å². The zero-order chi connectivity index (χ0) is 22.2. The minimum absolute atomic E-state index is 0.114. The van der Waals surface area contributed by atoms with Crippen LogP contribution in [-0.2, 0) is 11.8 Å². The lowest BCUT2D eigenvalue weighted by molar-refractivity contribution is -0.117. The van der Waals surface area contributed by atoms with Gasteiger partial charge in [0.15, 0.2) is 0 Å². The molecule has 0 unspecified atom stereocenters. The van der Waals surface area contributed by atoms with Gasteiger partial charge < -0.3 is 14.6 Å². The average Bonchev–Trinajstić information content (AvgIpc) is 3.53. The fourth-order valence-corrected chi connectivity index (χ4v) is 3.98. The number of nitrogens with one attached hydrogen (secondary N) is 2. The number of anilines is 2. The predicted octanol–water partition coefficient (Wildman–Crippen LogP) is 3.35. The number of amides is 2. The summed E-state index contributed by atoms with van der Waals surface area (Å²) in [4.78, 5) is 34.2. The number of hydrogen-bond acceptors (Lipinski definition) is 5. The third-order valence-corrected chi connectivity index (χ3v) is 5.59. The van der Waals surface area contributed by atoms with Crippen molar-refractivity contribution in [3.05, 3.63) is 54.4 Å². The van der Waals surface area contributed by atoms with Gasteiger partial charge in [0.2, 0.25) is 11.9 Å². The van der Waals surface area contributed by atoms with Crippen molar-refractivity contribution in [1.29, 1.82) is 0 Å². The van der Waals surface area contributed by atoms with E-state index in [1.54, 1.807) is 47.2 Å². The fourth-order valence-electron chi connectivity index (χ4n) is 3.98. The van der Waals surface area contributed by atoms with E-state index >= 15 is 0 Å². The van der Waals surface area contributed by atoms with Crippen LogP contribution in [0, 0.1) is 0 Å². The van der Waals surface area contributed by atoms with Crippen molar-refractivity contribution in [2.45, 2.75) is 12.8 Å². The number of nitrogens with zero attached hydrogens (tertiary/aromatic N) is 4. The van der Waals surface area contributed by atoms with Crippen molar-refractivity contribution in [2.75, 3.05) is 23.9 Å². The molecule has 1 saturated heterocycles. The van der Waals surface area contributed by atoms with Gasteiger partial charge in [0.25, 0.3) is 5.91 Å². The Morgan fingerprint density at radius 3 is 2.66 bits per heavy atom. The maximum Gasteiger partial charge on any atom is 0.257 e. The summed E-state index contributed by atoms with van der Waals surface area (Å²) in [6, 6.07) is 10.8. The number of carbonyl (C=O) groups excluding carboxylic acids is 2. The van der Waals surface area contributed by atoms with Crippen molar-refractivity contribution >= 4 is 34.5 Å². The number of aromatic nitrogens is 4. The topological polar surface area (TPSA) is 105 Å². The smallest absolute Gasteiger partial charge is 0.257 e. The molecule has 0 atom stereocenters. The quantitative estimate of drug-likeness (QED) is 0.505. The van der Waals surface area contributed by atoms with Crippen molar-refractivity contribution in [2.24, 2.45) is 7.05 Å². The lowest BCUT2D eigenvalue weighted by atomic mass is 10.1. The molecule has 1 aliphatic heterocycles. The first-order valence-electron chi connectivity index (χ1n) is 10.3. The maximum absolute atomic E-state index is 12.8. The number of aryl methyl sites for hydroxylation is 1. The highest BCUT2D eigenvalue weighted by Gasteiger charge is 2.22. The van der Waals surface area contributed by atoms with Crippen LogP contribution < -0.4 is 15.0 Å². The van der Waals surface area contributed by atoms with Crippen LogP contribution in [0.25, 0.3) is 22.2 Å². The van der Waals surface area contributed by atoms with Crippen molar-refractivity contribution < 1.29 is 14.3 Å². The first kappa shape index (κ1) is 19.8. The Morgan fingerprint density at radius 2 is 2.00 bits per heavy atom. The summed E-state index contributed by atoms with van der Waals surface area (Å²) in [5, 5.41) is 7.05. The van der Waals surface area contributed by atoms with E-state index in [1.165, 1.54) is 0 Å². The monoisotopic (exact) mass is 430 g/mol. The van der Waals surface area contributed by atoms with Gasteiger partial charge in [-0.25, -0.2) is 4.98 Å². The highest BCUT2D eigenvalue weighted by molar-refractivity contribution is 6.05. The van der Waals surface area contributed by atoms with E-state index in [9.17, 15) is 9.59 Å². The first-order valence-corrected chi connectivity index (χ1v) is 10.3. The lowest BCUT2D eigenvalue weighted by Crippen LogP contribution is -2.23. The molecule has 2 aromatic heterocycles. The number of rotatable bonds is 5. The second kappa shape index (κ2) is 7.84. The van der Waals surface area contributed by atoms with Gasteiger partial charge in [0.1, 0.15) is 16.8 Å². The number of benzene rings is 2. The molecule has 3 heterocycles. The van der Waals surface area contributed by atoms with Crippen LogP contribution in [0.2, 0.25) is 0 Å². The Kier molecular flexibility index (Phi) is 4.85.